The lowest BCUT2D eigenvalue weighted by Crippen LogP contribution is -2.25. The maximum Gasteiger partial charge on any atom is 0.314 e. The van der Waals surface area contributed by atoms with Crippen LogP contribution in [0, 0.1) is 34.8 Å². The molecule has 0 heterocycles. The topological polar surface area (TPSA) is 50.1 Å². The first-order valence-corrected chi connectivity index (χ1v) is 6.93. The molecule has 1 aliphatic carbocycles. The molecule has 0 atom stereocenters. The molecule has 22 heavy (non-hydrogen) atoms. The lowest BCUT2D eigenvalue weighted by Gasteiger charge is -2.25. The van der Waals surface area contributed by atoms with Gasteiger partial charge in [0, 0.05) is 6.07 Å². The van der Waals surface area contributed by atoms with Crippen molar-refractivity contribution in [3.63, 3.8) is 0 Å². The number of esters is 1. The smallest absolute Gasteiger partial charge is 0.314 e. The number of nitriles is 1. The Balaban J connectivity index is 1.90. The number of allylic oxidation sites excluding steroid dienone is 2. The molecule has 116 valence electrons. The third-order valence-corrected chi connectivity index (χ3v) is 3.70. The van der Waals surface area contributed by atoms with Gasteiger partial charge in [0.2, 0.25) is 0 Å². The van der Waals surface area contributed by atoms with Crippen LogP contribution in [0.5, 0.6) is 5.75 Å². The largest absolute Gasteiger partial charge is 0.426 e. The van der Waals surface area contributed by atoms with Crippen molar-refractivity contribution in [3.8, 4) is 11.8 Å². The minimum atomic E-state index is -1.08. The quantitative estimate of drug-likeness (QED) is 0.481. The summed E-state index contributed by atoms with van der Waals surface area (Å²) in [5, 5.41) is 8.39. The molecule has 0 aliphatic heterocycles. The van der Waals surface area contributed by atoms with Crippen LogP contribution in [0.2, 0.25) is 0 Å². The number of hydrogen-bond acceptors (Lipinski definition) is 3. The van der Waals surface area contributed by atoms with Crippen molar-refractivity contribution in [2.24, 2.45) is 11.8 Å². The Morgan fingerprint density at radius 3 is 2.50 bits per heavy atom. The fraction of sp³-hybridized carbons (Fsp3) is 0.375. The first-order chi connectivity index (χ1) is 10.5. The van der Waals surface area contributed by atoms with E-state index < -0.39 is 23.4 Å². The normalized spacial score (nSPS) is 22.0. The van der Waals surface area contributed by atoms with Crippen molar-refractivity contribution in [2.75, 3.05) is 0 Å². The van der Waals surface area contributed by atoms with Crippen LogP contribution in [-0.4, -0.2) is 5.97 Å². The van der Waals surface area contributed by atoms with Gasteiger partial charge in [-0.15, -0.1) is 0 Å². The van der Waals surface area contributed by atoms with Crippen LogP contribution >= 0.6 is 0 Å². The number of carbonyl (C=O) groups excluding carboxylic acids is 1. The Kier molecular flexibility index (Phi) is 5.21. The third-order valence-electron chi connectivity index (χ3n) is 3.70. The summed E-state index contributed by atoms with van der Waals surface area (Å²) in [6, 6.07) is 4.33. The molecule has 0 amide bonds. The van der Waals surface area contributed by atoms with E-state index in [-0.39, 0.29) is 17.6 Å². The van der Waals surface area contributed by atoms with Crippen LogP contribution in [0.15, 0.2) is 30.1 Å². The van der Waals surface area contributed by atoms with Gasteiger partial charge in [0.05, 0.1) is 5.92 Å². The summed E-state index contributed by atoms with van der Waals surface area (Å²) >= 11 is 0. The molecule has 1 aromatic rings. The summed E-state index contributed by atoms with van der Waals surface area (Å²) in [7, 11) is 0. The van der Waals surface area contributed by atoms with Gasteiger partial charge < -0.3 is 4.74 Å². The van der Waals surface area contributed by atoms with E-state index in [9.17, 15) is 18.0 Å². The summed E-state index contributed by atoms with van der Waals surface area (Å²) in [4.78, 5) is 12.0. The lowest BCUT2D eigenvalue weighted by atomic mass is 9.82. The number of carbonyl (C=O) groups is 1. The average molecular weight is 309 g/mol. The van der Waals surface area contributed by atoms with Crippen LogP contribution < -0.4 is 4.74 Å². The molecule has 0 unspecified atom stereocenters. The highest BCUT2D eigenvalue weighted by Crippen LogP contribution is 2.31. The van der Waals surface area contributed by atoms with Gasteiger partial charge in [-0.05, 0) is 49.8 Å². The monoisotopic (exact) mass is 309 g/mol. The van der Waals surface area contributed by atoms with Gasteiger partial charge in [0.1, 0.15) is 11.8 Å². The van der Waals surface area contributed by atoms with E-state index in [0.717, 1.165) is 12.1 Å². The second-order valence-electron chi connectivity index (χ2n) is 5.24. The second kappa shape index (κ2) is 7.12. The molecule has 6 heteroatoms. The number of hydrogen-bond donors (Lipinski definition) is 0. The third kappa shape index (κ3) is 4.10. The zero-order chi connectivity index (χ0) is 16.1. The van der Waals surface area contributed by atoms with Crippen molar-refractivity contribution in [1.82, 2.24) is 0 Å². The fourth-order valence-corrected chi connectivity index (χ4v) is 2.51. The van der Waals surface area contributed by atoms with E-state index >= 15 is 0 Å². The Morgan fingerprint density at radius 2 is 1.91 bits per heavy atom. The van der Waals surface area contributed by atoms with E-state index in [2.05, 4.69) is 0 Å². The first-order valence-electron chi connectivity index (χ1n) is 6.93. The molecule has 0 radical (unpaired) electrons. The number of nitrogens with zero attached hydrogens (tertiary/aromatic N) is 1. The van der Waals surface area contributed by atoms with Crippen LogP contribution in [0.4, 0.5) is 13.2 Å². The predicted octanol–water partition coefficient (Wildman–Crippen LogP) is 4.05. The Morgan fingerprint density at radius 1 is 1.23 bits per heavy atom. The Labute approximate surface area is 126 Å². The zero-order valence-electron chi connectivity index (χ0n) is 11.7. The number of halogens is 3. The standard InChI is InChI=1S/C16H14F3NO2/c17-12(9-20)7-10-1-3-11(4-2-10)16(21)22-13-5-6-14(18)15(19)8-13/h5-8,10-11H,1-4H2/b12-7+. The summed E-state index contributed by atoms with van der Waals surface area (Å²) in [6.45, 7) is 0. The van der Waals surface area contributed by atoms with Gasteiger partial charge in [-0.3, -0.25) is 4.79 Å². The fourth-order valence-electron chi connectivity index (χ4n) is 2.51. The van der Waals surface area contributed by atoms with Gasteiger partial charge in [-0.25, -0.2) is 8.78 Å². The van der Waals surface area contributed by atoms with E-state index in [4.69, 9.17) is 10.00 Å². The maximum atomic E-state index is 13.0. The van der Waals surface area contributed by atoms with Crippen molar-refractivity contribution in [3.05, 3.63) is 41.7 Å². The molecule has 2 rings (SSSR count). The molecule has 1 saturated carbocycles. The predicted molar refractivity (Wildman–Crippen MR) is 72.2 cm³/mol. The lowest BCUT2D eigenvalue weighted by molar-refractivity contribution is -0.140. The molecule has 0 N–H and O–H groups in total. The molecule has 1 fully saturated rings. The van der Waals surface area contributed by atoms with E-state index in [1.54, 1.807) is 0 Å². The summed E-state index contributed by atoms with van der Waals surface area (Å²) in [5.74, 6) is -3.86. The molecular formula is C16H14F3NO2. The van der Waals surface area contributed by atoms with E-state index in [0.29, 0.717) is 25.7 Å². The highest BCUT2D eigenvalue weighted by Gasteiger charge is 2.27. The van der Waals surface area contributed by atoms with Crippen molar-refractivity contribution >= 4 is 5.97 Å². The van der Waals surface area contributed by atoms with Crippen molar-refractivity contribution < 1.29 is 22.7 Å². The van der Waals surface area contributed by atoms with Gasteiger partial charge in [0.15, 0.2) is 17.5 Å². The minimum absolute atomic E-state index is 0.0403. The van der Waals surface area contributed by atoms with Crippen LogP contribution in [0.25, 0.3) is 0 Å². The summed E-state index contributed by atoms with van der Waals surface area (Å²) < 4.78 is 43.7. The summed E-state index contributed by atoms with van der Waals surface area (Å²) in [6.07, 6.45) is 3.43. The molecule has 1 aliphatic rings. The van der Waals surface area contributed by atoms with Crippen molar-refractivity contribution in [1.29, 1.82) is 5.26 Å². The SMILES string of the molecule is N#C/C(F)=C\C1CCC(C(=O)Oc2ccc(F)c(F)c2)CC1. The molecular weight excluding hydrogens is 295 g/mol. The van der Waals surface area contributed by atoms with Gasteiger partial charge in [0.25, 0.3) is 0 Å². The maximum absolute atomic E-state index is 13.0. The van der Waals surface area contributed by atoms with Crippen LogP contribution in [-0.2, 0) is 4.79 Å². The minimum Gasteiger partial charge on any atom is -0.426 e. The van der Waals surface area contributed by atoms with Crippen molar-refractivity contribution in [2.45, 2.75) is 25.7 Å². The summed E-state index contributed by atoms with van der Waals surface area (Å²) in [5.41, 5.74) is 0. The first kappa shape index (κ1) is 16.1. The number of ether oxygens (including phenoxy) is 1. The molecule has 0 bridgehead atoms. The number of rotatable bonds is 3. The van der Waals surface area contributed by atoms with Gasteiger partial charge >= 0.3 is 5.97 Å². The Hall–Kier alpha value is -2.29. The average Bonchev–Trinajstić information content (AvgIpc) is 2.51. The zero-order valence-corrected chi connectivity index (χ0v) is 11.7. The second-order valence-corrected chi connectivity index (χ2v) is 5.24. The highest BCUT2D eigenvalue weighted by molar-refractivity contribution is 5.75. The number of benzene rings is 1. The molecule has 0 spiro atoms. The molecule has 1 aromatic carbocycles. The van der Waals surface area contributed by atoms with Crippen LogP contribution in [0.1, 0.15) is 25.7 Å². The molecule has 3 nitrogen and oxygen atoms in total. The van der Waals surface area contributed by atoms with E-state index in [1.807, 2.05) is 0 Å². The van der Waals surface area contributed by atoms with Gasteiger partial charge in [-0.2, -0.15) is 9.65 Å². The highest BCUT2D eigenvalue weighted by atomic mass is 19.2. The molecule has 0 saturated heterocycles. The van der Waals surface area contributed by atoms with Gasteiger partial charge in [-0.1, -0.05) is 0 Å². The van der Waals surface area contributed by atoms with E-state index in [1.165, 1.54) is 18.2 Å². The Bertz CT molecular complexity index is 629. The molecule has 0 aromatic heterocycles. The van der Waals surface area contributed by atoms with Crippen LogP contribution in [0.3, 0.4) is 0 Å².